The molecule has 2 amide bonds. The lowest BCUT2D eigenvalue weighted by atomic mass is 10.1. The lowest BCUT2D eigenvalue weighted by Crippen LogP contribution is -2.51. The zero-order chi connectivity index (χ0) is 32.6. The van der Waals surface area contributed by atoms with Gasteiger partial charge in [-0.25, -0.2) is 8.42 Å². The molecule has 236 valence electrons. The molecule has 0 aromatic heterocycles. The van der Waals surface area contributed by atoms with Gasteiger partial charge in [0.05, 0.1) is 10.6 Å². The van der Waals surface area contributed by atoms with E-state index < -0.39 is 28.5 Å². The number of ether oxygens (including phenoxy) is 1. The second-order valence-electron chi connectivity index (χ2n) is 11.5. The van der Waals surface area contributed by atoms with Crippen LogP contribution in [0.25, 0.3) is 0 Å². The highest BCUT2D eigenvalue weighted by Gasteiger charge is 2.32. The van der Waals surface area contributed by atoms with Crippen molar-refractivity contribution < 1.29 is 22.7 Å². The molecule has 0 unspecified atom stereocenters. The SMILES string of the molecule is Cc1ccc(S(=O)(=O)N(CC(=O)N(Cc2ccccc2C)[C@@H](C)C(=O)NCC(C)C)c2ccc(Oc3ccccc3)cc2)cc1. The van der Waals surface area contributed by atoms with Crippen LogP contribution in [0.15, 0.2) is 108 Å². The van der Waals surface area contributed by atoms with Gasteiger partial charge in [-0.2, -0.15) is 0 Å². The van der Waals surface area contributed by atoms with Crippen molar-refractivity contribution in [2.45, 2.75) is 52.1 Å². The van der Waals surface area contributed by atoms with E-state index in [-0.39, 0.29) is 29.0 Å². The van der Waals surface area contributed by atoms with Gasteiger partial charge in [0, 0.05) is 13.1 Å². The summed E-state index contributed by atoms with van der Waals surface area (Å²) in [5.74, 6) is 0.569. The summed E-state index contributed by atoms with van der Waals surface area (Å²) in [7, 11) is -4.18. The Kier molecular flexibility index (Phi) is 11.0. The van der Waals surface area contributed by atoms with Crippen LogP contribution in [0.2, 0.25) is 0 Å². The fourth-order valence-corrected chi connectivity index (χ4v) is 6.09. The summed E-state index contributed by atoms with van der Waals surface area (Å²) in [6.45, 7) is 9.55. The van der Waals surface area contributed by atoms with Crippen LogP contribution in [0, 0.1) is 19.8 Å². The van der Waals surface area contributed by atoms with Crippen molar-refractivity contribution in [1.29, 1.82) is 0 Å². The van der Waals surface area contributed by atoms with E-state index >= 15 is 0 Å². The molecule has 1 atom stereocenters. The van der Waals surface area contributed by atoms with Crippen molar-refractivity contribution in [1.82, 2.24) is 10.2 Å². The van der Waals surface area contributed by atoms with E-state index in [9.17, 15) is 18.0 Å². The fraction of sp³-hybridized carbons (Fsp3) is 0.278. The van der Waals surface area contributed by atoms with E-state index in [0.29, 0.717) is 18.0 Å². The maximum absolute atomic E-state index is 14.2. The number of carbonyl (C=O) groups excluding carboxylic acids is 2. The molecule has 4 rings (SSSR count). The summed E-state index contributed by atoms with van der Waals surface area (Å²) in [6, 6.07) is 29.1. The van der Waals surface area contributed by atoms with Crippen molar-refractivity contribution >= 4 is 27.5 Å². The molecular formula is C36H41N3O5S. The smallest absolute Gasteiger partial charge is 0.264 e. The van der Waals surface area contributed by atoms with Crippen molar-refractivity contribution in [3.8, 4) is 11.5 Å². The molecule has 8 nitrogen and oxygen atoms in total. The van der Waals surface area contributed by atoms with E-state index in [4.69, 9.17) is 4.74 Å². The lowest BCUT2D eigenvalue weighted by molar-refractivity contribution is -0.139. The van der Waals surface area contributed by atoms with Crippen LogP contribution < -0.4 is 14.4 Å². The Bertz CT molecular complexity index is 1690. The fourth-order valence-electron chi connectivity index (χ4n) is 4.68. The number of nitrogens with zero attached hydrogens (tertiary/aromatic N) is 2. The van der Waals surface area contributed by atoms with E-state index in [1.54, 1.807) is 43.3 Å². The first kappa shape index (κ1) is 33.3. The highest BCUT2D eigenvalue weighted by atomic mass is 32.2. The normalized spacial score (nSPS) is 12.0. The average Bonchev–Trinajstić information content (AvgIpc) is 3.02. The number of hydrogen-bond donors (Lipinski definition) is 1. The van der Waals surface area contributed by atoms with E-state index in [1.807, 2.05) is 82.3 Å². The van der Waals surface area contributed by atoms with Crippen LogP contribution in [-0.2, 0) is 26.2 Å². The minimum atomic E-state index is -4.18. The number of aryl methyl sites for hydroxylation is 2. The van der Waals surface area contributed by atoms with Crippen molar-refractivity contribution in [2.24, 2.45) is 5.92 Å². The second-order valence-corrected chi connectivity index (χ2v) is 13.4. The third kappa shape index (κ3) is 8.73. The van der Waals surface area contributed by atoms with Gasteiger partial charge in [-0.05, 0) is 86.3 Å². The molecule has 0 aliphatic rings. The van der Waals surface area contributed by atoms with Gasteiger partial charge >= 0.3 is 0 Å². The highest BCUT2D eigenvalue weighted by Crippen LogP contribution is 2.29. The largest absolute Gasteiger partial charge is 0.457 e. The molecule has 0 spiro atoms. The van der Waals surface area contributed by atoms with Crippen LogP contribution in [-0.4, -0.2) is 44.3 Å². The van der Waals surface area contributed by atoms with Crippen LogP contribution >= 0.6 is 0 Å². The van der Waals surface area contributed by atoms with E-state index in [1.165, 1.54) is 17.0 Å². The molecule has 0 radical (unpaired) electrons. The Morgan fingerprint density at radius 3 is 2.00 bits per heavy atom. The zero-order valence-electron chi connectivity index (χ0n) is 26.4. The first-order valence-electron chi connectivity index (χ1n) is 15.0. The summed E-state index contributed by atoms with van der Waals surface area (Å²) >= 11 is 0. The molecule has 0 fully saturated rings. The molecular weight excluding hydrogens is 586 g/mol. The quantitative estimate of drug-likeness (QED) is 0.183. The molecule has 0 bridgehead atoms. The van der Waals surface area contributed by atoms with Gasteiger partial charge in [0.15, 0.2) is 0 Å². The van der Waals surface area contributed by atoms with Gasteiger partial charge in [0.25, 0.3) is 10.0 Å². The summed E-state index contributed by atoms with van der Waals surface area (Å²) in [4.78, 5) is 28.9. The molecule has 4 aromatic carbocycles. The summed E-state index contributed by atoms with van der Waals surface area (Å²) in [6.07, 6.45) is 0. The lowest BCUT2D eigenvalue weighted by Gasteiger charge is -2.32. The van der Waals surface area contributed by atoms with E-state index in [0.717, 1.165) is 21.0 Å². The summed E-state index contributed by atoms with van der Waals surface area (Å²) in [5.41, 5.74) is 3.02. The minimum absolute atomic E-state index is 0.0543. The molecule has 0 aliphatic heterocycles. The molecule has 45 heavy (non-hydrogen) atoms. The Labute approximate surface area is 266 Å². The highest BCUT2D eigenvalue weighted by molar-refractivity contribution is 7.92. The second kappa shape index (κ2) is 14.9. The van der Waals surface area contributed by atoms with Gasteiger partial charge in [0.2, 0.25) is 11.8 Å². The molecule has 0 heterocycles. The van der Waals surface area contributed by atoms with Crippen molar-refractivity contribution in [3.05, 3.63) is 120 Å². The number of para-hydroxylation sites is 1. The maximum Gasteiger partial charge on any atom is 0.264 e. The predicted molar refractivity (Wildman–Crippen MR) is 178 cm³/mol. The first-order valence-corrected chi connectivity index (χ1v) is 16.4. The van der Waals surface area contributed by atoms with Crippen LogP contribution in [0.1, 0.15) is 37.5 Å². The Morgan fingerprint density at radius 2 is 1.38 bits per heavy atom. The monoisotopic (exact) mass is 627 g/mol. The Morgan fingerprint density at radius 1 is 0.778 bits per heavy atom. The van der Waals surface area contributed by atoms with Crippen molar-refractivity contribution in [3.63, 3.8) is 0 Å². The molecule has 0 saturated heterocycles. The summed E-state index contributed by atoms with van der Waals surface area (Å²) < 4.78 is 35.2. The summed E-state index contributed by atoms with van der Waals surface area (Å²) in [5, 5.41) is 2.91. The standard InChI is InChI=1S/C36H41N3O5S/c1-26(2)23-37-36(41)29(5)38(24-30-12-10-9-11-28(30)4)35(40)25-39(45(42,43)34-21-15-27(3)16-22-34)31-17-19-33(20-18-31)44-32-13-7-6-8-14-32/h6-22,26,29H,23-25H2,1-5H3,(H,37,41)/t29-/m0/s1. The Balaban J connectivity index is 1.70. The Hall–Kier alpha value is -4.63. The number of rotatable bonds is 13. The number of hydrogen-bond acceptors (Lipinski definition) is 5. The minimum Gasteiger partial charge on any atom is -0.457 e. The molecule has 4 aromatic rings. The average molecular weight is 628 g/mol. The topological polar surface area (TPSA) is 96.0 Å². The number of sulfonamides is 1. The van der Waals surface area contributed by atoms with E-state index in [2.05, 4.69) is 5.32 Å². The van der Waals surface area contributed by atoms with Gasteiger partial charge in [-0.3, -0.25) is 13.9 Å². The molecule has 9 heteroatoms. The van der Waals surface area contributed by atoms with Gasteiger partial charge < -0.3 is 15.0 Å². The van der Waals surface area contributed by atoms with Crippen LogP contribution in [0.3, 0.4) is 0 Å². The molecule has 0 aliphatic carbocycles. The first-order chi connectivity index (χ1) is 21.5. The number of benzene rings is 4. The zero-order valence-corrected chi connectivity index (χ0v) is 27.3. The predicted octanol–water partition coefficient (Wildman–Crippen LogP) is 6.48. The third-order valence-electron chi connectivity index (χ3n) is 7.45. The number of amides is 2. The molecule has 0 saturated carbocycles. The van der Waals surface area contributed by atoms with Gasteiger partial charge in [-0.1, -0.05) is 74.0 Å². The number of carbonyl (C=O) groups is 2. The maximum atomic E-state index is 14.2. The number of nitrogens with one attached hydrogen (secondary N) is 1. The van der Waals surface area contributed by atoms with Gasteiger partial charge in [-0.15, -0.1) is 0 Å². The third-order valence-corrected chi connectivity index (χ3v) is 9.23. The van der Waals surface area contributed by atoms with Crippen LogP contribution in [0.5, 0.6) is 11.5 Å². The molecule has 1 N–H and O–H groups in total. The van der Waals surface area contributed by atoms with Crippen molar-refractivity contribution in [2.75, 3.05) is 17.4 Å². The van der Waals surface area contributed by atoms with Crippen LogP contribution in [0.4, 0.5) is 5.69 Å². The van der Waals surface area contributed by atoms with Gasteiger partial charge in [0.1, 0.15) is 24.1 Å². The number of anilines is 1.